The van der Waals surface area contributed by atoms with Crippen LogP contribution in [0.3, 0.4) is 0 Å². The lowest BCUT2D eigenvalue weighted by molar-refractivity contribution is 0.246. The summed E-state index contributed by atoms with van der Waals surface area (Å²) in [6.45, 7) is 0.917. The van der Waals surface area contributed by atoms with Gasteiger partial charge in [-0.1, -0.05) is 0 Å². The molecule has 1 aliphatic rings. The highest BCUT2D eigenvalue weighted by molar-refractivity contribution is 7.09. The Morgan fingerprint density at radius 3 is 2.79 bits per heavy atom. The largest absolute Gasteiger partial charge is 0.320 e. The highest BCUT2D eigenvalue weighted by Gasteiger charge is 2.36. The molecule has 0 aromatic carbocycles. The molecule has 2 rings (SSSR count). The van der Waals surface area contributed by atoms with Gasteiger partial charge in [-0.15, -0.1) is 11.3 Å². The second-order valence-corrected chi connectivity index (χ2v) is 5.32. The summed E-state index contributed by atoms with van der Waals surface area (Å²) in [4.78, 5) is 6.73. The Morgan fingerprint density at radius 2 is 2.29 bits per heavy atom. The van der Waals surface area contributed by atoms with Gasteiger partial charge in [0.25, 0.3) is 0 Å². The van der Waals surface area contributed by atoms with Crippen molar-refractivity contribution in [3.05, 3.63) is 16.1 Å². The van der Waals surface area contributed by atoms with Crippen molar-refractivity contribution in [1.29, 1.82) is 0 Å². The normalized spacial score (nSPS) is 19.7. The maximum Gasteiger partial charge on any atom is 0.107 e. The smallest absolute Gasteiger partial charge is 0.107 e. The van der Waals surface area contributed by atoms with Crippen molar-refractivity contribution < 1.29 is 0 Å². The first kappa shape index (κ1) is 10.1. The first-order chi connectivity index (χ1) is 6.60. The van der Waals surface area contributed by atoms with Crippen molar-refractivity contribution in [1.82, 2.24) is 9.88 Å². The predicted octanol–water partition coefficient (Wildman–Crippen LogP) is 1.54. The zero-order chi connectivity index (χ0) is 10.2. The minimum Gasteiger partial charge on any atom is -0.320 e. The maximum absolute atomic E-state index is 6.20. The van der Waals surface area contributed by atoms with E-state index < -0.39 is 0 Å². The van der Waals surface area contributed by atoms with Gasteiger partial charge in [-0.2, -0.15) is 0 Å². The molecular weight excluding hydrogens is 194 g/mol. The molecule has 1 aromatic heterocycles. The van der Waals surface area contributed by atoms with E-state index in [9.17, 15) is 0 Å². The number of rotatable bonds is 3. The summed E-state index contributed by atoms with van der Waals surface area (Å²) in [5.74, 6) is 0. The van der Waals surface area contributed by atoms with Crippen molar-refractivity contribution in [2.75, 3.05) is 14.1 Å². The van der Waals surface area contributed by atoms with Gasteiger partial charge in [0.2, 0.25) is 0 Å². The van der Waals surface area contributed by atoms with Crippen LogP contribution < -0.4 is 5.73 Å². The van der Waals surface area contributed by atoms with Crippen molar-refractivity contribution in [2.24, 2.45) is 5.73 Å². The Balaban J connectivity index is 2.09. The average molecular weight is 211 g/mol. The van der Waals surface area contributed by atoms with Gasteiger partial charge in [-0.05, 0) is 33.4 Å². The molecule has 0 aliphatic heterocycles. The van der Waals surface area contributed by atoms with Gasteiger partial charge >= 0.3 is 0 Å². The molecular formula is C10H17N3S. The fourth-order valence-corrected chi connectivity index (χ4v) is 2.72. The molecule has 0 radical (unpaired) electrons. The van der Waals surface area contributed by atoms with Gasteiger partial charge in [0, 0.05) is 11.9 Å². The van der Waals surface area contributed by atoms with Crippen LogP contribution in [0, 0.1) is 0 Å². The van der Waals surface area contributed by atoms with E-state index in [-0.39, 0.29) is 5.54 Å². The van der Waals surface area contributed by atoms with Crippen molar-refractivity contribution in [3.8, 4) is 0 Å². The lowest BCUT2D eigenvalue weighted by atomic mass is 9.76. The van der Waals surface area contributed by atoms with Crippen molar-refractivity contribution in [2.45, 2.75) is 31.3 Å². The summed E-state index contributed by atoms with van der Waals surface area (Å²) in [6, 6.07) is 0. The van der Waals surface area contributed by atoms with E-state index in [2.05, 4.69) is 29.4 Å². The summed E-state index contributed by atoms with van der Waals surface area (Å²) < 4.78 is 0. The fraction of sp³-hybridized carbons (Fsp3) is 0.700. The quantitative estimate of drug-likeness (QED) is 0.824. The van der Waals surface area contributed by atoms with Crippen LogP contribution in [0.15, 0.2) is 5.38 Å². The van der Waals surface area contributed by atoms with Crippen molar-refractivity contribution in [3.63, 3.8) is 0 Å². The standard InChI is InChI=1S/C10H17N3S/c1-13(2)6-9-12-8(7-14-9)10(11)4-3-5-10/h7H,3-6,11H2,1-2H3. The van der Waals surface area contributed by atoms with Crippen LogP contribution in [0.5, 0.6) is 0 Å². The fourth-order valence-electron chi connectivity index (χ4n) is 1.70. The minimum absolute atomic E-state index is 0.0962. The SMILES string of the molecule is CN(C)Cc1nc(C2(N)CCC2)cs1. The molecule has 1 aromatic rings. The first-order valence-electron chi connectivity index (χ1n) is 4.99. The molecule has 0 bridgehead atoms. The molecule has 2 N–H and O–H groups in total. The zero-order valence-electron chi connectivity index (χ0n) is 8.79. The Labute approximate surface area is 88.9 Å². The zero-order valence-corrected chi connectivity index (χ0v) is 9.60. The maximum atomic E-state index is 6.20. The lowest BCUT2D eigenvalue weighted by Crippen LogP contribution is -2.43. The van der Waals surface area contributed by atoms with Gasteiger partial charge in [-0.3, -0.25) is 0 Å². The first-order valence-corrected chi connectivity index (χ1v) is 5.87. The topological polar surface area (TPSA) is 42.2 Å². The van der Waals surface area contributed by atoms with Crippen LogP contribution in [-0.4, -0.2) is 24.0 Å². The molecule has 4 heteroatoms. The third-order valence-electron chi connectivity index (χ3n) is 2.76. The van der Waals surface area contributed by atoms with Gasteiger partial charge in [0.1, 0.15) is 5.01 Å². The summed E-state index contributed by atoms with van der Waals surface area (Å²) in [7, 11) is 4.12. The lowest BCUT2D eigenvalue weighted by Gasteiger charge is -2.36. The van der Waals surface area contributed by atoms with Crippen LogP contribution in [0.2, 0.25) is 0 Å². The van der Waals surface area contributed by atoms with Gasteiger partial charge in [0.15, 0.2) is 0 Å². The number of hydrogen-bond donors (Lipinski definition) is 1. The second-order valence-electron chi connectivity index (χ2n) is 4.37. The van der Waals surface area contributed by atoms with Crippen LogP contribution in [0.4, 0.5) is 0 Å². The number of hydrogen-bond acceptors (Lipinski definition) is 4. The molecule has 78 valence electrons. The van der Waals surface area contributed by atoms with E-state index in [4.69, 9.17) is 5.73 Å². The van der Waals surface area contributed by atoms with E-state index in [1.165, 1.54) is 11.4 Å². The monoisotopic (exact) mass is 211 g/mol. The molecule has 14 heavy (non-hydrogen) atoms. The number of aromatic nitrogens is 1. The number of nitrogens with two attached hydrogens (primary N) is 1. The highest BCUT2D eigenvalue weighted by Crippen LogP contribution is 2.38. The third-order valence-corrected chi connectivity index (χ3v) is 3.59. The molecule has 1 heterocycles. The van der Waals surface area contributed by atoms with Gasteiger partial charge in [0.05, 0.1) is 11.2 Å². The Hall–Kier alpha value is -0.450. The summed E-state index contributed by atoms with van der Waals surface area (Å²) in [5, 5.41) is 3.29. The molecule has 0 spiro atoms. The molecule has 1 saturated carbocycles. The van der Waals surface area contributed by atoms with E-state index in [1.54, 1.807) is 11.3 Å². The van der Waals surface area contributed by atoms with E-state index >= 15 is 0 Å². The molecule has 0 amide bonds. The highest BCUT2D eigenvalue weighted by atomic mass is 32.1. The molecule has 3 nitrogen and oxygen atoms in total. The van der Waals surface area contributed by atoms with Gasteiger partial charge in [-0.25, -0.2) is 4.98 Å². The third kappa shape index (κ3) is 1.82. The Kier molecular flexibility index (Phi) is 2.60. The minimum atomic E-state index is -0.0962. The summed E-state index contributed by atoms with van der Waals surface area (Å²) >= 11 is 1.72. The number of thiazole rings is 1. The average Bonchev–Trinajstić information content (AvgIpc) is 2.47. The molecule has 1 aliphatic carbocycles. The number of nitrogens with zero attached hydrogens (tertiary/aromatic N) is 2. The van der Waals surface area contributed by atoms with Crippen LogP contribution in [-0.2, 0) is 12.1 Å². The van der Waals surface area contributed by atoms with E-state index in [0.717, 1.165) is 25.1 Å². The molecule has 0 atom stereocenters. The molecule has 1 fully saturated rings. The summed E-state index contributed by atoms with van der Waals surface area (Å²) in [5.41, 5.74) is 7.21. The Morgan fingerprint density at radius 1 is 1.57 bits per heavy atom. The van der Waals surface area contributed by atoms with E-state index in [0.29, 0.717) is 0 Å². The molecule has 0 unspecified atom stereocenters. The van der Waals surface area contributed by atoms with Crippen LogP contribution in [0.1, 0.15) is 30.0 Å². The molecule has 0 saturated heterocycles. The predicted molar refractivity (Wildman–Crippen MR) is 59.2 cm³/mol. The van der Waals surface area contributed by atoms with Gasteiger partial charge < -0.3 is 10.6 Å². The van der Waals surface area contributed by atoms with E-state index in [1.807, 2.05) is 0 Å². The van der Waals surface area contributed by atoms with Crippen LogP contribution in [0.25, 0.3) is 0 Å². The summed E-state index contributed by atoms with van der Waals surface area (Å²) in [6.07, 6.45) is 3.44. The Bertz CT molecular complexity index is 315. The van der Waals surface area contributed by atoms with Crippen LogP contribution >= 0.6 is 11.3 Å². The second kappa shape index (κ2) is 3.61. The van der Waals surface area contributed by atoms with Crippen molar-refractivity contribution >= 4 is 11.3 Å².